The van der Waals surface area contributed by atoms with Crippen LogP contribution in [0.25, 0.3) is 0 Å². The number of carbonyl (C=O) groups is 2. The standard InChI is InChI=1S/C10H9NO4/c1-7(5-12)8-3-2-4-10(11(14)15)9(8)6-13/h2-7H,1H3. The Morgan fingerprint density at radius 2 is 2.07 bits per heavy atom. The lowest BCUT2D eigenvalue weighted by Gasteiger charge is -2.06. The normalized spacial score (nSPS) is 11.8. The highest BCUT2D eigenvalue weighted by Crippen LogP contribution is 2.25. The van der Waals surface area contributed by atoms with Gasteiger partial charge in [-0.05, 0) is 5.56 Å². The molecule has 0 N–H and O–H groups in total. The molecule has 0 bridgehead atoms. The average Bonchev–Trinajstić information content (AvgIpc) is 2.26. The third-order valence-corrected chi connectivity index (χ3v) is 2.13. The summed E-state index contributed by atoms with van der Waals surface area (Å²) in [5.74, 6) is -0.523. The van der Waals surface area contributed by atoms with Gasteiger partial charge in [-0.2, -0.15) is 0 Å². The van der Waals surface area contributed by atoms with Crippen LogP contribution in [0.3, 0.4) is 0 Å². The molecule has 5 nitrogen and oxygen atoms in total. The van der Waals surface area contributed by atoms with Gasteiger partial charge in [0.25, 0.3) is 5.69 Å². The zero-order valence-corrected chi connectivity index (χ0v) is 8.04. The van der Waals surface area contributed by atoms with E-state index in [1.165, 1.54) is 18.2 Å². The van der Waals surface area contributed by atoms with Gasteiger partial charge in [0.2, 0.25) is 0 Å². The smallest absolute Gasteiger partial charge is 0.280 e. The molecule has 0 radical (unpaired) electrons. The van der Waals surface area contributed by atoms with Crippen LogP contribution in [0.2, 0.25) is 0 Å². The summed E-state index contributed by atoms with van der Waals surface area (Å²) in [6.45, 7) is 1.58. The Morgan fingerprint density at radius 3 is 2.53 bits per heavy atom. The molecule has 1 atom stereocenters. The van der Waals surface area contributed by atoms with Crippen LogP contribution in [-0.4, -0.2) is 17.5 Å². The van der Waals surface area contributed by atoms with E-state index in [-0.39, 0.29) is 11.3 Å². The minimum absolute atomic E-state index is 0.0258. The molecule has 0 aliphatic carbocycles. The SMILES string of the molecule is CC(C=O)c1cccc([N+](=O)[O-])c1C=O. The van der Waals surface area contributed by atoms with E-state index in [0.717, 1.165) is 0 Å². The van der Waals surface area contributed by atoms with Crippen molar-refractivity contribution in [1.82, 2.24) is 0 Å². The topological polar surface area (TPSA) is 77.3 Å². The van der Waals surface area contributed by atoms with Crippen molar-refractivity contribution in [2.45, 2.75) is 12.8 Å². The van der Waals surface area contributed by atoms with Gasteiger partial charge in [-0.25, -0.2) is 0 Å². The number of hydrogen-bond acceptors (Lipinski definition) is 4. The molecule has 0 heterocycles. The van der Waals surface area contributed by atoms with Gasteiger partial charge in [0, 0.05) is 12.0 Å². The highest BCUT2D eigenvalue weighted by atomic mass is 16.6. The minimum Gasteiger partial charge on any atom is -0.303 e. The summed E-state index contributed by atoms with van der Waals surface area (Å²) in [7, 11) is 0. The highest BCUT2D eigenvalue weighted by Gasteiger charge is 2.19. The van der Waals surface area contributed by atoms with Crippen LogP contribution in [0.4, 0.5) is 5.69 Å². The molecule has 0 aromatic heterocycles. The van der Waals surface area contributed by atoms with E-state index in [0.29, 0.717) is 18.1 Å². The molecule has 0 aliphatic rings. The van der Waals surface area contributed by atoms with E-state index >= 15 is 0 Å². The maximum atomic E-state index is 10.8. The summed E-state index contributed by atoms with van der Waals surface area (Å²) in [5.41, 5.74) is 0.0903. The molecule has 0 spiro atoms. The monoisotopic (exact) mass is 207 g/mol. The van der Waals surface area contributed by atoms with Crippen molar-refractivity contribution in [3.63, 3.8) is 0 Å². The summed E-state index contributed by atoms with van der Waals surface area (Å²) in [4.78, 5) is 31.3. The van der Waals surface area contributed by atoms with Crippen molar-refractivity contribution in [1.29, 1.82) is 0 Å². The van der Waals surface area contributed by atoms with Gasteiger partial charge in [0.1, 0.15) is 6.29 Å². The van der Waals surface area contributed by atoms with Crippen LogP contribution in [-0.2, 0) is 4.79 Å². The maximum absolute atomic E-state index is 10.8. The van der Waals surface area contributed by atoms with Gasteiger partial charge in [0.05, 0.1) is 10.5 Å². The van der Waals surface area contributed by atoms with Crippen molar-refractivity contribution in [3.05, 3.63) is 39.4 Å². The molecule has 0 aliphatic heterocycles. The molecule has 0 amide bonds. The lowest BCUT2D eigenvalue weighted by atomic mass is 9.96. The van der Waals surface area contributed by atoms with E-state index in [9.17, 15) is 19.7 Å². The van der Waals surface area contributed by atoms with E-state index in [1.54, 1.807) is 6.92 Å². The van der Waals surface area contributed by atoms with Gasteiger partial charge in [-0.3, -0.25) is 14.9 Å². The van der Waals surface area contributed by atoms with Crippen LogP contribution in [0.1, 0.15) is 28.8 Å². The second-order valence-electron chi connectivity index (χ2n) is 3.08. The third-order valence-electron chi connectivity index (χ3n) is 2.13. The summed E-state index contributed by atoms with van der Waals surface area (Å²) in [6.07, 6.45) is 1.06. The number of nitro groups is 1. The molecule has 0 saturated carbocycles. The molecule has 15 heavy (non-hydrogen) atoms. The molecule has 1 rings (SSSR count). The molecule has 0 fully saturated rings. The van der Waals surface area contributed by atoms with Crippen molar-refractivity contribution < 1.29 is 14.5 Å². The highest BCUT2D eigenvalue weighted by molar-refractivity contribution is 5.85. The lowest BCUT2D eigenvalue weighted by Crippen LogP contribution is -2.03. The number of nitrogens with zero attached hydrogens (tertiary/aromatic N) is 1. The van der Waals surface area contributed by atoms with Crippen LogP contribution in [0.15, 0.2) is 18.2 Å². The van der Waals surface area contributed by atoms with Crippen LogP contribution < -0.4 is 0 Å². The van der Waals surface area contributed by atoms with Crippen LogP contribution >= 0.6 is 0 Å². The summed E-state index contributed by atoms with van der Waals surface area (Å²) >= 11 is 0. The van der Waals surface area contributed by atoms with Gasteiger partial charge in [-0.1, -0.05) is 19.1 Å². The van der Waals surface area contributed by atoms with Crippen LogP contribution in [0, 0.1) is 10.1 Å². The molecule has 1 aromatic carbocycles. The largest absolute Gasteiger partial charge is 0.303 e. The Hall–Kier alpha value is -2.04. The third kappa shape index (κ3) is 2.07. The van der Waals surface area contributed by atoms with E-state index in [2.05, 4.69) is 0 Å². The first-order valence-electron chi connectivity index (χ1n) is 4.29. The number of hydrogen-bond donors (Lipinski definition) is 0. The van der Waals surface area contributed by atoms with Crippen molar-refractivity contribution in [2.24, 2.45) is 0 Å². The van der Waals surface area contributed by atoms with E-state index < -0.39 is 10.8 Å². The van der Waals surface area contributed by atoms with Crippen molar-refractivity contribution in [2.75, 3.05) is 0 Å². The van der Waals surface area contributed by atoms with Gasteiger partial charge < -0.3 is 4.79 Å². The minimum atomic E-state index is -0.634. The Kier molecular flexibility index (Phi) is 3.28. The predicted molar refractivity (Wildman–Crippen MR) is 53.0 cm³/mol. The second-order valence-corrected chi connectivity index (χ2v) is 3.08. The quantitative estimate of drug-likeness (QED) is 0.427. The summed E-state index contributed by atoms with van der Waals surface area (Å²) in [6, 6.07) is 4.24. The molecule has 78 valence electrons. The number of benzene rings is 1. The molecule has 5 heteroatoms. The first-order valence-corrected chi connectivity index (χ1v) is 4.29. The number of carbonyl (C=O) groups excluding carboxylic acids is 2. The Labute approximate surface area is 85.9 Å². The molecule has 1 unspecified atom stereocenters. The van der Waals surface area contributed by atoms with Gasteiger partial charge in [0.15, 0.2) is 6.29 Å². The first-order chi connectivity index (χ1) is 7.11. The van der Waals surface area contributed by atoms with E-state index in [1.807, 2.05) is 0 Å². The van der Waals surface area contributed by atoms with Crippen molar-refractivity contribution in [3.8, 4) is 0 Å². The molecule has 1 aromatic rings. The first kappa shape index (κ1) is 11.0. The predicted octanol–water partition coefficient (Wildman–Crippen LogP) is 1.71. The zero-order chi connectivity index (χ0) is 11.4. The molecular formula is C10H9NO4. The lowest BCUT2D eigenvalue weighted by molar-refractivity contribution is -0.385. The fourth-order valence-electron chi connectivity index (χ4n) is 1.33. The Bertz CT molecular complexity index is 414. The fourth-order valence-corrected chi connectivity index (χ4v) is 1.33. The maximum Gasteiger partial charge on any atom is 0.280 e. The number of rotatable bonds is 4. The summed E-state index contributed by atoms with van der Waals surface area (Å²) < 4.78 is 0. The van der Waals surface area contributed by atoms with Crippen molar-refractivity contribution >= 4 is 18.3 Å². The Balaban J connectivity index is 3.40. The number of nitro benzene ring substituents is 1. The van der Waals surface area contributed by atoms with E-state index in [4.69, 9.17) is 0 Å². The number of aldehydes is 2. The Morgan fingerprint density at radius 1 is 1.40 bits per heavy atom. The zero-order valence-electron chi connectivity index (χ0n) is 8.04. The summed E-state index contributed by atoms with van der Waals surface area (Å²) in [5, 5.41) is 10.6. The van der Waals surface area contributed by atoms with Crippen LogP contribution in [0.5, 0.6) is 0 Å². The fraction of sp³-hybridized carbons (Fsp3) is 0.200. The van der Waals surface area contributed by atoms with Gasteiger partial charge in [-0.15, -0.1) is 0 Å². The average molecular weight is 207 g/mol. The second kappa shape index (κ2) is 4.45. The van der Waals surface area contributed by atoms with Gasteiger partial charge >= 0.3 is 0 Å². The molecule has 0 saturated heterocycles. The molecular weight excluding hydrogens is 198 g/mol.